The molecule has 0 radical (unpaired) electrons. The van der Waals surface area contributed by atoms with E-state index in [1.807, 2.05) is 0 Å². The smallest absolute Gasteiger partial charge is 0.261 e. The van der Waals surface area contributed by atoms with Gasteiger partial charge in [-0.15, -0.1) is 0 Å². The molecule has 0 amide bonds. The summed E-state index contributed by atoms with van der Waals surface area (Å²) in [4.78, 5) is 12.4. The maximum Gasteiger partial charge on any atom is 0.261 e. The number of ketones is 1. The second-order valence-corrected chi connectivity index (χ2v) is 7.66. The molecule has 0 aliphatic carbocycles. The van der Waals surface area contributed by atoms with Gasteiger partial charge in [0, 0.05) is 11.3 Å². The summed E-state index contributed by atoms with van der Waals surface area (Å²) in [5, 5.41) is 18.7. The lowest BCUT2D eigenvalue weighted by molar-refractivity contribution is 0.104. The van der Waals surface area contributed by atoms with Crippen LogP contribution in [0.15, 0.2) is 83.8 Å². The van der Waals surface area contributed by atoms with Crippen LogP contribution in [0.1, 0.15) is 15.9 Å². The van der Waals surface area contributed by atoms with Crippen molar-refractivity contribution >= 4 is 27.6 Å². The SMILES string of the molecule is O=C(C=Cc1cccc(O)c1)c1cccc(NS(=O)(=O)c2ccc(O)cc2)c1. The topological polar surface area (TPSA) is 104 Å². The van der Waals surface area contributed by atoms with E-state index >= 15 is 0 Å². The van der Waals surface area contributed by atoms with Crippen LogP contribution in [0.5, 0.6) is 11.5 Å². The molecule has 0 atom stereocenters. The fourth-order valence-corrected chi connectivity index (χ4v) is 3.52. The fourth-order valence-electron chi connectivity index (χ4n) is 2.47. The van der Waals surface area contributed by atoms with Crippen molar-refractivity contribution < 1.29 is 23.4 Å². The van der Waals surface area contributed by atoms with Crippen LogP contribution < -0.4 is 4.72 Å². The van der Waals surface area contributed by atoms with Crippen LogP contribution in [0.25, 0.3) is 6.08 Å². The Kier molecular flexibility index (Phi) is 5.47. The van der Waals surface area contributed by atoms with Gasteiger partial charge < -0.3 is 10.2 Å². The van der Waals surface area contributed by atoms with Crippen LogP contribution in [-0.4, -0.2) is 24.4 Å². The molecule has 0 saturated heterocycles. The van der Waals surface area contributed by atoms with Gasteiger partial charge >= 0.3 is 0 Å². The molecule has 3 N–H and O–H groups in total. The van der Waals surface area contributed by atoms with Gasteiger partial charge in [-0.2, -0.15) is 0 Å². The summed E-state index contributed by atoms with van der Waals surface area (Å²) in [7, 11) is -3.85. The van der Waals surface area contributed by atoms with Gasteiger partial charge in [-0.3, -0.25) is 9.52 Å². The number of nitrogens with one attached hydrogen (secondary N) is 1. The van der Waals surface area contributed by atoms with Crippen LogP contribution in [0.2, 0.25) is 0 Å². The number of hydrogen-bond donors (Lipinski definition) is 3. The predicted octanol–water partition coefficient (Wildman–Crippen LogP) is 3.79. The first kappa shape index (κ1) is 19.2. The number of carbonyl (C=O) groups is 1. The van der Waals surface area contributed by atoms with E-state index in [4.69, 9.17) is 0 Å². The van der Waals surface area contributed by atoms with E-state index in [0.717, 1.165) is 0 Å². The van der Waals surface area contributed by atoms with Crippen molar-refractivity contribution in [3.8, 4) is 11.5 Å². The Bertz CT molecular complexity index is 1140. The number of rotatable bonds is 6. The normalized spacial score (nSPS) is 11.4. The molecule has 28 heavy (non-hydrogen) atoms. The first-order valence-electron chi connectivity index (χ1n) is 8.27. The summed E-state index contributed by atoms with van der Waals surface area (Å²) in [5.41, 5.74) is 1.21. The van der Waals surface area contributed by atoms with Crippen molar-refractivity contribution in [3.05, 3.63) is 90.0 Å². The molecular formula is C21H17NO5S. The van der Waals surface area contributed by atoms with Gasteiger partial charge in [0.2, 0.25) is 0 Å². The number of allylic oxidation sites excluding steroid dienone is 1. The number of anilines is 1. The second-order valence-electron chi connectivity index (χ2n) is 5.97. The summed E-state index contributed by atoms with van der Waals surface area (Å²) < 4.78 is 27.3. The number of aromatic hydroxyl groups is 2. The van der Waals surface area contributed by atoms with E-state index in [1.54, 1.807) is 30.3 Å². The zero-order valence-corrected chi connectivity index (χ0v) is 15.4. The quantitative estimate of drug-likeness (QED) is 0.435. The maximum atomic E-state index is 12.4. The Morgan fingerprint density at radius 1 is 0.857 bits per heavy atom. The van der Waals surface area contributed by atoms with E-state index in [0.29, 0.717) is 11.1 Å². The van der Waals surface area contributed by atoms with Gasteiger partial charge in [0.1, 0.15) is 11.5 Å². The largest absolute Gasteiger partial charge is 0.508 e. The van der Waals surface area contributed by atoms with Crippen molar-refractivity contribution in [1.82, 2.24) is 0 Å². The minimum absolute atomic E-state index is 0.00851. The molecule has 3 rings (SSSR count). The van der Waals surface area contributed by atoms with Gasteiger partial charge in [0.05, 0.1) is 4.90 Å². The van der Waals surface area contributed by atoms with Crippen LogP contribution in [-0.2, 0) is 10.0 Å². The lowest BCUT2D eigenvalue weighted by atomic mass is 10.1. The maximum absolute atomic E-state index is 12.4. The van der Waals surface area contributed by atoms with Crippen molar-refractivity contribution in [2.45, 2.75) is 4.90 Å². The third-order valence-electron chi connectivity index (χ3n) is 3.84. The highest BCUT2D eigenvalue weighted by atomic mass is 32.2. The molecule has 0 saturated carbocycles. The van der Waals surface area contributed by atoms with Gasteiger partial charge in [-0.1, -0.05) is 30.3 Å². The number of carbonyl (C=O) groups excluding carboxylic acids is 1. The number of sulfonamides is 1. The molecule has 0 aliphatic rings. The number of benzene rings is 3. The number of hydrogen-bond acceptors (Lipinski definition) is 5. The molecule has 0 spiro atoms. The molecule has 7 heteroatoms. The average Bonchev–Trinajstić information content (AvgIpc) is 2.66. The molecule has 0 aromatic heterocycles. The van der Waals surface area contributed by atoms with Crippen LogP contribution in [0.3, 0.4) is 0 Å². The molecule has 0 fully saturated rings. The van der Waals surface area contributed by atoms with Crippen molar-refractivity contribution in [1.29, 1.82) is 0 Å². The number of phenols is 2. The van der Waals surface area contributed by atoms with Crippen molar-refractivity contribution in [3.63, 3.8) is 0 Å². The minimum atomic E-state index is -3.85. The van der Waals surface area contributed by atoms with Crippen LogP contribution >= 0.6 is 0 Å². The van der Waals surface area contributed by atoms with Gasteiger partial charge in [-0.25, -0.2) is 8.42 Å². The number of phenolic OH excluding ortho intramolecular Hbond substituents is 2. The van der Waals surface area contributed by atoms with Crippen LogP contribution in [0.4, 0.5) is 5.69 Å². The third kappa shape index (κ3) is 4.77. The van der Waals surface area contributed by atoms with E-state index in [2.05, 4.69) is 4.72 Å². The summed E-state index contributed by atoms with van der Waals surface area (Å²) >= 11 is 0. The van der Waals surface area contributed by atoms with Crippen LogP contribution in [0, 0.1) is 0 Å². The molecule has 142 valence electrons. The summed E-state index contributed by atoms with van der Waals surface area (Å²) in [6.45, 7) is 0. The molecule has 0 bridgehead atoms. The Morgan fingerprint density at radius 2 is 1.57 bits per heavy atom. The summed E-state index contributed by atoms with van der Waals surface area (Å²) in [5.74, 6) is -0.251. The minimum Gasteiger partial charge on any atom is -0.508 e. The third-order valence-corrected chi connectivity index (χ3v) is 5.24. The standard InChI is InChI=1S/C21H17NO5S/c23-18-8-10-20(11-9-18)28(26,27)22-17-5-2-4-16(14-17)21(25)12-7-15-3-1-6-19(24)13-15/h1-14,22-24H. The predicted molar refractivity (Wildman–Crippen MR) is 107 cm³/mol. The van der Waals surface area contributed by atoms with Crippen molar-refractivity contribution in [2.24, 2.45) is 0 Å². The first-order chi connectivity index (χ1) is 13.3. The highest BCUT2D eigenvalue weighted by Gasteiger charge is 2.14. The highest BCUT2D eigenvalue weighted by molar-refractivity contribution is 7.92. The lowest BCUT2D eigenvalue weighted by Crippen LogP contribution is -2.13. The van der Waals surface area contributed by atoms with E-state index in [1.165, 1.54) is 54.6 Å². The Labute approximate surface area is 162 Å². The molecule has 0 heterocycles. The highest BCUT2D eigenvalue weighted by Crippen LogP contribution is 2.20. The Balaban J connectivity index is 1.78. The van der Waals surface area contributed by atoms with Gasteiger partial charge in [-0.05, 0) is 60.2 Å². The van der Waals surface area contributed by atoms with E-state index < -0.39 is 10.0 Å². The Hall–Kier alpha value is -3.58. The summed E-state index contributed by atoms with van der Waals surface area (Å²) in [6.07, 6.45) is 2.91. The Morgan fingerprint density at radius 3 is 2.29 bits per heavy atom. The van der Waals surface area contributed by atoms with E-state index in [-0.39, 0.29) is 27.9 Å². The molecule has 3 aromatic carbocycles. The molecular weight excluding hydrogens is 378 g/mol. The lowest BCUT2D eigenvalue weighted by Gasteiger charge is -2.09. The zero-order chi connectivity index (χ0) is 20.1. The molecule has 3 aromatic rings. The zero-order valence-electron chi connectivity index (χ0n) is 14.6. The summed E-state index contributed by atoms with van der Waals surface area (Å²) in [6, 6.07) is 17.7. The van der Waals surface area contributed by atoms with Crippen molar-refractivity contribution in [2.75, 3.05) is 4.72 Å². The second kappa shape index (κ2) is 7.98. The van der Waals surface area contributed by atoms with Gasteiger partial charge in [0.25, 0.3) is 10.0 Å². The van der Waals surface area contributed by atoms with Gasteiger partial charge in [0.15, 0.2) is 5.78 Å². The fraction of sp³-hybridized carbons (Fsp3) is 0. The average molecular weight is 395 g/mol. The van der Waals surface area contributed by atoms with E-state index in [9.17, 15) is 23.4 Å². The molecule has 6 nitrogen and oxygen atoms in total. The monoisotopic (exact) mass is 395 g/mol. The molecule has 0 aliphatic heterocycles. The molecule has 0 unspecified atom stereocenters. The first-order valence-corrected chi connectivity index (χ1v) is 9.75.